The average molecular weight is 280 g/mol. The molecule has 0 aliphatic carbocycles. The summed E-state index contributed by atoms with van der Waals surface area (Å²) in [5.41, 5.74) is 0. The Morgan fingerprint density at radius 2 is 0.889 bits per heavy atom. The Bertz CT molecular complexity index is 172. The highest BCUT2D eigenvalue weighted by atomic mass is 19.4. The third kappa shape index (κ3) is 18.0. The summed E-state index contributed by atoms with van der Waals surface area (Å²) >= 11 is 0. The van der Waals surface area contributed by atoms with Gasteiger partial charge in [-0.15, -0.1) is 0 Å². The molecule has 0 heterocycles. The maximum absolute atomic E-state index is 11.5. The van der Waals surface area contributed by atoms with E-state index < -0.39 is 25.2 Å². The van der Waals surface area contributed by atoms with Gasteiger partial charge in [0.15, 0.2) is 0 Å². The van der Waals surface area contributed by atoms with Gasteiger partial charge < -0.3 is 0 Å². The second-order valence-corrected chi connectivity index (χ2v) is 4.67. The normalized spacial score (nSPS) is 15.7. The highest BCUT2D eigenvalue weighted by Gasteiger charge is 2.29. The molecular formula is C12H22F6. The van der Waals surface area contributed by atoms with Crippen molar-refractivity contribution in [1.29, 1.82) is 0 Å². The van der Waals surface area contributed by atoms with Gasteiger partial charge in [-0.2, -0.15) is 26.3 Å². The maximum atomic E-state index is 11.5. The molecule has 0 aromatic rings. The summed E-state index contributed by atoms with van der Waals surface area (Å²) in [7, 11) is 0. The van der Waals surface area contributed by atoms with Gasteiger partial charge in [-0.05, 0) is 11.8 Å². The second-order valence-electron chi connectivity index (χ2n) is 4.67. The molecule has 6 heteroatoms. The van der Waals surface area contributed by atoms with E-state index in [1.807, 2.05) is 0 Å². The van der Waals surface area contributed by atoms with E-state index in [1.165, 1.54) is 0 Å². The Morgan fingerprint density at radius 1 is 0.667 bits per heavy atom. The predicted octanol–water partition coefficient (Wildman–Crippen LogP) is 5.97. The molecule has 0 amide bonds. The van der Waals surface area contributed by atoms with Gasteiger partial charge in [-0.25, -0.2) is 0 Å². The topological polar surface area (TPSA) is 0 Å². The molecule has 0 N–H and O–H groups in total. The molecule has 18 heavy (non-hydrogen) atoms. The molecule has 0 aromatic carbocycles. The quantitative estimate of drug-likeness (QED) is 0.556. The summed E-state index contributed by atoms with van der Waals surface area (Å²) in [4.78, 5) is 0. The molecule has 0 saturated carbocycles. The van der Waals surface area contributed by atoms with Crippen molar-refractivity contribution in [3.63, 3.8) is 0 Å². The molecule has 0 aromatic heterocycles. The summed E-state index contributed by atoms with van der Waals surface area (Å²) in [5, 5.41) is 0. The lowest BCUT2D eigenvalue weighted by Gasteiger charge is -2.10. The van der Waals surface area contributed by atoms with Gasteiger partial charge >= 0.3 is 12.4 Å². The van der Waals surface area contributed by atoms with Crippen LogP contribution in [-0.4, -0.2) is 12.4 Å². The van der Waals surface area contributed by atoms with E-state index in [0.717, 1.165) is 0 Å². The van der Waals surface area contributed by atoms with Crippen LogP contribution in [0.25, 0.3) is 0 Å². The van der Waals surface area contributed by atoms with E-state index >= 15 is 0 Å². The van der Waals surface area contributed by atoms with Crippen molar-refractivity contribution >= 4 is 0 Å². The summed E-state index contributed by atoms with van der Waals surface area (Å²) in [6.45, 7) is 6.73. The van der Waals surface area contributed by atoms with Crippen molar-refractivity contribution in [3.05, 3.63) is 0 Å². The van der Waals surface area contributed by atoms with E-state index in [2.05, 4.69) is 0 Å². The fourth-order valence-corrected chi connectivity index (χ4v) is 1.08. The highest BCUT2D eigenvalue weighted by Crippen LogP contribution is 2.26. The lowest BCUT2D eigenvalue weighted by molar-refractivity contribution is -0.144. The fraction of sp³-hybridized carbons (Fsp3) is 1.00. The SMILES string of the molecule is CCC(C)CC(F)(F)F.CCC(C)CC(F)(F)F. The minimum absolute atomic E-state index is 0.231. The van der Waals surface area contributed by atoms with E-state index in [9.17, 15) is 26.3 Å². The monoisotopic (exact) mass is 280 g/mol. The van der Waals surface area contributed by atoms with Crippen molar-refractivity contribution in [3.8, 4) is 0 Å². The van der Waals surface area contributed by atoms with E-state index in [1.54, 1.807) is 27.7 Å². The first-order valence-electron chi connectivity index (χ1n) is 6.04. The molecule has 0 nitrogen and oxygen atoms in total. The van der Waals surface area contributed by atoms with E-state index in [0.29, 0.717) is 12.8 Å². The van der Waals surface area contributed by atoms with Gasteiger partial charge in [0.1, 0.15) is 0 Å². The molecule has 2 atom stereocenters. The lowest BCUT2D eigenvalue weighted by atomic mass is 10.1. The van der Waals surface area contributed by atoms with Crippen LogP contribution in [0.3, 0.4) is 0 Å². The van der Waals surface area contributed by atoms with Crippen LogP contribution in [-0.2, 0) is 0 Å². The molecule has 0 bridgehead atoms. The third-order valence-electron chi connectivity index (χ3n) is 2.55. The molecule has 0 radical (unpaired) electrons. The molecule has 0 saturated heterocycles. The van der Waals surface area contributed by atoms with Crippen molar-refractivity contribution in [2.75, 3.05) is 0 Å². The van der Waals surface area contributed by atoms with Crippen LogP contribution < -0.4 is 0 Å². The largest absolute Gasteiger partial charge is 0.389 e. The minimum Gasteiger partial charge on any atom is -0.171 e. The smallest absolute Gasteiger partial charge is 0.171 e. The van der Waals surface area contributed by atoms with Crippen LogP contribution in [0.15, 0.2) is 0 Å². The number of hydrogen-bond acceptors (Lipinski definition) is 0. The summed E-state index contributed by atoms with van der Waals surface area (Å²) in [6, 6.07) is 0. The average Bonchev–Trinajstić information content (AvgIpc) is 2.13. The van der Waals surface area contributed by atoms with Gasteiger partial charge in [0, 0.05) is 12.8 Å². The van der Waals surface area contributed by atoms with Crippen molar-refractivity contribution in [2.45, 2.75) is 65.7 Å². The molecular weight excluding hydrogens is 258 g/mol. The van der Waals surface area contributed by atoms with Crippen LogP contribution in [0.2, 0.25) is 0 Å². The molecule has 2 unspecified atom stereocenters. The van der Waals surface area contributed by atoms with Crippen molar-refractivity contribution in [2.24, 2.45) is 11.8 Å². The van der Waals surface area contributed by atoms with Crippen LogP contribution in [0.4, 0.5) is 26.3 Å². The molecule has 0 aliphatic heterocycles. The highest BCUT2D eigenvalue weighted by molar-refractivity contribution is 4.57. The number of halogens is 6. The molecule has 0 fully saturated rings. The molecule has 0 aliphatic rings. The molecule has 0 rings (SSSR count). The Labute approximate surface area is 105 Å². The van der Waals surface area contributed by atoms with Crippen LogP contribution in [0, 0.1) is 11.8 Å². The van der Waals surface area contributed by atoms with E-state index in [-0.39, 0.29) is 11.8 Å². The maximum Gasteiger partial charge on any atom is 0.389 e. The summed E-state index contributed by atoms with van der Waals surface area (Å²) in [5.74, 6) is -0.463. The third-order valence-corrected chi connectivity index (χ3v) is 2.55. The van der Waals surface area contributed by atoms with Gasteiger partial charge in [-0.1, -0.05) is 40.5 Å². The number of alkyl halides is 6. The predicted molar refractivity (Wildman–Crippen MR) is 60.3 cm³/mol. The number of rotatable bonds is 4. The zero-order chi connectivity index (χ0) is 15.0. The fourth-order valence-electron chi connectivity index (χ4n) is 1.08. The van der Waals surface area contributed by atoms with Gasteiger partial charge in [0.2, 0.25) is 0 Å². The molecule has 0 spiro atoms. The van der Waals surface area contributed by atoms with Crippen molar-refractivity contribution < 1.29 is 26.3 Å². The van der Waals surface area contributed by atoms with Crippen LogP contribution in [0.1, 0.15) is 53.4 Å². The van der Waals surface area contributed by atoms with Gasteiger partial charge in [0.25, 0.3) is 0 Å². The zero-order valence-electron chi connectivity index (χ0n) is 11.3. The summed E-state index contributed by atoms with van der Waals surface area (Å²) in [6.07, 6.45) is -8.06. The zero-order valence-corrected chi connectivity index (χ0v) is 11.3. The second kappa shape index (κ2) is 8.64. The number of hydrogen-bond donors (Lipinski definition) is 0. The summed E-state index contributed by atoms with van der Waals surface area (Å²) < 4.78 is 69.0. The first kappa shape index (κ1) is 19.9. The van der Waals surface area contributed by atoms with E-state index in [4.69, 9.17) is 0 Å². The first-order chi connectivity index (χ1) is 7.91. The standard InChI is InChI=1S/2C6H11F3/c2*1-3-5(2)4-6(7,8)9/h2*5H,3-4H2,1-2H3. The minimum atomic E-state index is -3.98. The van der Waals surface area contributed by atoms with Crippen LogP contribution in [0.5, 0.6) is 0 Å². The Morgan fingerprint density at radius 3 is 0.944 bits per heavy atom. The Balaban J connectivity index is 0. The van der Waals surface area contributed by atoms with Gasteiger partial charge in [0.05, 0.1) is 0 Å². The Hall–Kier alpha value is -0.420. The molecule has 112 valence electrons. The first-order valence-corrected chi connectivity index (χ1v) is 6.04. The van der Waals surface area contributed by atoms with Crippen LogP contribution >= 0.6 is 0 Å². The van der Waals surface area contributed by atoms with Crippen molar-refractivity contribution in [1.82, 2.24) is 0 Å². The lowest BCUT2D eigenvalue weighted by Crippen LogP contribution is -2.12. The van der Waals surface area contributed by atoms with Gasteiger partial charge in [-0.3, -0.25) is 0 Å². The Kier molecular flexibility index (Phi) is 9.56.